The zero-order valence-corrected chi connectivity index (χ0v) is 13.3. The number of hydrogen-bond donors (Lipinski definition) is 1. The number of rotatable bonds is 6. The fourth-order valence-electron chi connectivity index (χ4n) is 2.89. The standard InChI is InChI=1S/C17H26N2O3/c1-18(10-11-20)12-16-8-5-9-19(13-16)17(21)22-14-15-6-3-2-4-7-15/h2-4,6-7,16,20H,5,8-14H2,1H3/t16-/m1/s1. The molecule has 1 aromatic rings. The predicted molar refractivity (Wildman–Crippen MR) is 85.5 cm³/mol. The smallest absolute Gasteiger partial charge is 0.410 e. The maximum Gasteiger partial charge on any atom is 0.410 e. The molecule has 1 heterocycles. The Kier molecular flexibility index (Phi) is 6.68. The van der Waals surface area contributed by atoms with E-state index in [4.69, 9.17) is 9.84 Å². The van der Waals surface area contributed by atoms with Crippen molar-refractivity contribution in [1.82, 2.24) is 9.80 Å². The topological polar surface area (TPSA) is 53.0 Å². The van der Waals surface area contributed by atoms with E-state index in [1.54, 1.807) is 0 Å². The van der Waals surface area contributed by atoms with E-state index in [9.17, 15) is 4.79 Å². The van der Waals surface area contributed by atoms with Crippen molar-refractivity contribution in [1.29, 1.82) is 0 Å². The van der Waals surface area contributed by atoms with Gasteiger partial charge in [-0.15, -0.1) is 0 Å². The van der Waals surface area contributed by atoms with Crippen LogP contribution in [-0.2, 0) is 11.3 Å². The zero-order chi connectivity index (χ0) is 15.8. The zero-order valence-electron chi connectivity index (χ0n) is 13.3. The SMILES string of the molecule is CN(CCO)C[C@H]1CCCN(C(=O)OCc2ccccc2)C1. The van der Waals surface area contributed by atoms with Crippen LogP contribution in [0.1, 0.15) is 18.4 Å². The van der Waals surface area contributed by atoms with Crippen molar-refractivity contribution >= 4 is 6.09 Å². The Hall–Kier alpha value is -1.59. The average molecular weight is 306 g/mol. The maximum absolute atomic E-state index is 12.2. The Morgan fingerprint density at radius 1 is 1.41 bits per heavy atom. The second kappa shape index (κ2) is 8.76. The largest absolute Gasteiger partial charge is 0.445 e. The Bertz CT molecular complexity index is 452. The molecule has 0 saturated carbocycles. The van der Waals surface area contributed by atoms with E-state index in [-0.39, 0.29) is 12.7 Å². The van der Waals surface area contributed by atoms with E-state index in [1.807, 2.05) is 42.3 Å². The van der Waals surface area contributed by atoms with Gasteiger partial charge in [-0.25, -0.2) is 4.79 Å². The Morgan fingerprint density at radius 3 is 2.91 bits per heavy atom. The molecule has 1 atom stereocenters. The number of likely N-dealkylation sites (N-methyl/N-ethyl adjacent to an activating group) is 1. The van der Waals surface area contributed by atoms with Gasteiger partial charge in [-0.1, -0.05) is 30.3 Å². The summed E-state index contributed by atoms with van der Waals surface area (Å²) in [5, 5.41) is 8.96. The highest BCUT2D eigenvalue weighted by Gasteiger charge is 2.25. The third-order valence-corrected chi connectivity index (χ3v) is 4.03. The van der Waals surface area contributed by atoms with Crippen molar-refractivity contribution in [3.63, 3.8) is 0 Å². The van der Waals surface area contributed by atoms with Gasteiger partial charge in [0, 0.05) is 26.2 Å². The lowest BCUT2D eigenvalue weighted by Crippen LogP contribution is -2.43. The van der Waals surface area contributed by atoms with Gasteiger partial charge in [-0.2, -0.15) is 0 Å². The monoisotopic (exact) mass is 306 g/mol. The molecular weight excluding hydrogens is 280 g/mol. The summed E-state index contributed by atoms with van der Waals surface area (Å²) in [5.74, 6) is 0.453. The van der Waals surface area contributed by atoms with E-state index in [1.165, 1.54) is 0 Å². The van der Waals surface area contributed by atoms with Crippen molar-refractivity contribution < 1.29 is 14.6 Å². The first kappa shape index (κ1) is 16.8. The number of piperidine rings is 1. The number of benzene rings is 1. The van der Waals surface area contributed by atoms with Gasteiger partial charge in [0.2, 0.25) is 0 Å². The van der Waals surface area contributed by atoms with Crippen LogP contribution in [0.25, 0.3) is 0 Å². The lowest BCUT2D eigenvalue weighted by atomic mass is 9.98. The molecule has 1 aliphatic heterocycles. The number of amides is 1. The molecule has 0 unspecified atom stereocenters. The number of aliphatic hydroxyl groups is 1. The van der Waals surface area contributed by atoms with Crippen LogP contribution in [-0.4, -0.2) is 60.8 Å². The molecule has 1 fully saturated rings. The summed E-state index contributed by atoms with van der Waals surface area (Å²) >= 11 is 0. The van der Waals surface area contributed by atoms with Gasteiger partial charge in [-0.3, -0.25) is 0 Å². The van der Waals surface area contributed by atoms with Crippen LogP contribution in [0.15, 0.2) is 30.3 Å². The summed E-state index contributed by atoms with van der Waals surface area (Å²) < 4.78 is 5.40. The molecule has 122 valence electrons. The van der Waals surface area contributed by atoms with Crippen molar-refractivity contribution in [2.45, 2.75) is 19.4 Å². The van der Waals surface area contributed by atoms with E-state index in [0.29, 0.717) is 19.1 Å². The van der Waals surface area contributed by atoms with Crippen LogP contribution in [0.2, 0.25) is 0 Å². The first-order valence-corrected chi connectivity index (χ1v) is 7.94. The van der Waals surface area contributed by atoms with Crippen LogP contribution < -0.4 is 0 Å². The summed E-state index contributed by atoms with van der Waals surface area (Å²) in [4.78, 5) is 16.1. The maximum atomic E-state index is 12.2. The molecule has 0 spiro atoms. The second-order valence-corrected chi connectivity index (χ2v) is 5.98. The quantitative estimate of drug-likeness (QED) is 0.873. The molecular formula is C17H26N2O3. The summed E-state index contributed by atoms with van der Waals surface area (Å²) in [7, 11) is 2.00. The van der Waals surface area contributed by atoms with Crippen molar-refractivity contribution in [2.24, 2.45) is 5.92 Å². The van der Waals surface area contributed by atoms with Crippen LogP contribution in [0, 0.1) is 5.92 Å². The highest BCUT2D eigenvalue weighted by atomic mass is 16.6. The average Bonchev–Trinajstić information content (AvgIpc) is 2.54. The van der Waals surface area contributed by atoms with Gasteiger partial charge < -0.3 is 19.6 Å². The first-order valence-electron chi connectivity index (χ1n) is 7.94. The van der Waals surface area contributed by atoms with Crippen molar-refractivity contribution in [2.75, 3.05) is 39.8 Å². The molecule has 0 radical (unpaired) electrons. The minimum Gasteiger partial charge on any atom is -0.445 e. The van der Waals surface area contributed by atoms with E-state index < -0.39 is 0 Å². The van der Waals surface area contributed by atoms with Crippen LogP contribution >= 0.6 is 0 Å². The summed E-state index contributed by atoms with van der Waals surface area (Å²) in [5.41, 5.74) is 1.01. The van der Waals surface area contributed by atoms with Crippen LogP contribution in [0.5, 0.6) is 0 Å². The number of aliphatic hydroxyl groups excluding tert-OH is 1. The lowest BCUT2D eigenvalue weighted by molar-refractivity contribution is 0.0728. The molecule has 5 heteroatoms. The Labute approximate surface area is 132 Å². The molecule has 1 saturated heterocycles. The fourth-order valence-corrected chi connectivity index (χ4v) is 2.89. The summed E-state index contributed by atoms with van der Waals surface area (Å²) in [6, 6.07) is 9.74. The van der Waals surface area contributed by atoms with Gasteiger partial charge in [0.25, 0.3) is 0 Å². The minimum absolute atomic E-state index is 0.173. The van der Waals surface area contributed by atoms with Crippen molar-refractivity contribution in [3.8, 4) is 0 Å². The molecule has 2 rings (SSSR count). The van der Waals surface area contributed by atoms with Gasteiger partial charge in [0.15, 0.2) is 0 Å². The number of likely N-dealkylation sites (tertiary alicyclic amines) is 1. The Morgan fingerprint density at radius 2 is 2.18 bits per heavy atom. The van der Waals surface area contributed by atoms with Gasteiger partial charge in [0.1, 0.15) is 6.61 Å². The predicted octanol–water partition coefficient (Wildman–Crippen LogP) is 1.96. The third-order valence-electron chi connectivity index (χ3n) is 4.03. The number of ether oxygens (including phenoxy) is 1. The third kappa shape index (κ3) is 5.31. The molecule has 0 aliphatic carbocycles. The van der Waals surface area contributed by atoms with Gasteiger partial charge >= 0.3 is 6.09 Å². The number of carbonyl (C=O) groups is 1. The Balaban J connectivity index is 1.77. The fraction of sp³-hybridized carbons (Fsp3) is 0.588. The summed E-state index contributed by atoms with van der Waals surface area (Å²) in [6.45, 7) is 3.59. The van der Waals surface area contributed by atoms with E-state index >= 15 is 0 Å². The molecule has 1 aliphatic rings. The molecule has 1 N–H and O–H groups in total. The molecule has 1 amide bonds. The molecule has 5 nitrogen and oxygen atoms in total. The molecule has 0 bridgehead atoms. The van der Waals surface area contributed by atoms with E-state index in [0.717, 1.165) is 38.0 Å². The second-order valence-electron chi connectivity index (χ2n) is 5.98. The van der Waals surface area contributed by atoms with Gasteiger partial charge in [-0.05, 0) is 31.4 Å². The van der Waals surface area contributed by atoms with Gasteiger partial charge in [0.05, 0.1) is 6.61 Å². The normalized spacial score (nSPS) is 18.5. The highest BCUT2D eigenvalue weighted by Crippen LogP contribution is 2.18. The highest BCUT2D eigenvalue weighted by molar-refractivity contribution is 5.67. The van der Waals surface area contributed by atoms with Crippen molar-refractivity contribution in [3.05, 3.63) is 35.9 Å². The van der Waals surface area contributed by atoms with Crippen LogP contribution in [0.3, 0.4) is 0 Å². The number of hydrogen-bond acceptors (Lipinski definition) is 4. The number of nitrogens with zero attached hydrogens (tertiary/aromatic N) is 2. The van der Waals surface area contributed by atoms with E-state index in [2.05, 4.69) is 4.90 Å². The summed E-state index contributed by atoms with van der Waals surface area (Å²) in [6.07, 6.45) is 1.91. The van der Waals surface area contributed by atoms with Crippen LogP contribution in [0.4, 0.5) is 4.79 Å². The minimum atomic E-state index is -0.224. The lowest BCUT2D eigenvalue weighted by Gasteiger charge is -2.34. The number of carbonyl (C=O) groups excluding carboxylic acids is 1. The first-order chi connectivity index (χ1) is 10.7. The molecule has 22 heavy (non-hydrogen) atoms. The molecule has 0 aromatic heterocycles. The molecule has 1 aromatic carbocycles.